The Morgan fingerprint density at radius 3 is 2.69 bits per heavy atom. The van der Waals surface area contributed by atoms with Crippen LogP contribution in [-0.4, -0.2) is 78.1 Å². The van der Waals surface area contributed by atoms with Crippen molar-refractivity contribution >= 4 is 29.7 Å². The molecule has 7 rings (SSSR count). The molecule has 0 unspecified atom stereocenters. The molecule has 4 aliphatic rings. The Kier molecular flexibility index (Phi) is 7.48. The zero-order valence-corrected chi connectivity index (χ0v) is 24.9. The Morgan fingerprint density at radius 2 is 1.87 bits per heavy atom. The maximum atomic E-state index is 15.4. The maximum Gasteiger partial charge on any atom is 0.416 e. The van der Waals surface area contributed by atoms with Crippen LogP contribution < -0.4 is 15.2 Å². The second-order valence-electron chi connectivity index (χ2n) is 11.0. The molecular weight excluding hydrogens is 610 g/mol. The van der Waals surface area contributed by atoms with Crippen LogP contribution in [0.4, 0.5) is 13.6 Å². The number of rotatable bonds is 3. The summed E-state index contributed by atoms with van der Waals surface area (Å²) >= 11 is 1.37. The smallest absolute Gasteiger partial charge is 0.416 e. The third kappa shape index (κ3) is 4.74. The Hall–Kier alpha value is -4.43. The van der Waals surface area contributed by atoms with E-state index >= 15 is 4.39 Å². The summed E-state index contributed by atoms with van der Waals surface area (Å²) in [6.45, 7) is 0.687. The summed E-state index contributed by atoms with van der Waals surface area (Å²) in [7, 11) is 1.22. The number of thioether (sulfide) groups is 1. The largest absolute Gasteiger partial charge is 0.467 e. The number of fused-ring (bicyclic) bond motifs is 4. The predicted molar refractivity (Wildman–Crippen MR) is 157 cm³/mol. The highest BCUT2D eigenvalue weighted by Crippen LogP contribution is 2.45. The number of amides is 2. The third-order valence-corrected chi connectivity index (χ3v) is 9.80. The van der Waals surface area contributed by atoms with Gasteiger partial charge in [0, 0.05) is 41.6 Å². The average molecular weight is 639 g/mol. The van der Waals surface area contributed by atoms with Crippen molar-refractivity contribution in [1.82, 2.24) is 14.5 Å². The minimum atomic E-state index is -0.971. The molecule has 234 valence electrons. The molecule has 0 N–H and O–H groups in total. The van der Waals surface area contributed by atoms with E-state index in [2.05, 4.69) is 0 Å². The highest BCUT2D eigenvalue weighted by molar-refractivity contribution is 7.98. The number of likely N-dealkylation sites (tertiary alicyclic amines) is 1. The Bertz CT molecular complexity index is 1780. The van der Waals surface area contributed by atoms with Gasteiger partial charge in [-0.25, -0.2) is 18.4 Å². The number of carbonyl (C=O) groups excluding carboxylic acids is 3. The fourth-order valence-electron chi connectivity index (χ4n) is 6.58. The topological polar surface area (TPSA) is 111 Å². The second-order valence-corrected chi connectivity index (χ2v) is 12.1. The van der Waals surface area contributed by atoms with Gasteiger partial charge in [-0.1, -0.05) is 24.3 Å². The number of hydrogen-bond donors (Lipinski definition) is 0. The van der Waals surface area contributed by atoms with E-state index in [1.165, 1.54) is 51.7 Å². The van der Waals surface area contributed by atoms with Gasteiger partial charge in [-0.15, -0.1) is 11.8 Å². The number of halogens is 2. The van der Waals surface area contributed by atoms with Crippen LogP contribution >= 0.6 is 11.8 Å². The second kappa shape index (κ2) is 11.5. The molecule has 5 heterocycles. The molecular formula is C31H28F2N4O7S. The van der Waals surface area contributed by atoms with Crippen LogP contribution in [0.5, 0.6) is 5.75 Å². The number of hydrogen-bond acceptors (Lipinski definition) is 9. The lowest BCUT2D eigenvalue weighted by atomic mass is 9.93. The van der Waals surface area contributed by atoms with Gasteiger partial charge in [0.1, 0.15) is 12.2 Å². The van der Waals surface area contributed by atoms with Gasteiger partial charge in [-0.05, 0) is 36.1 Å². The molecule has 2 fully saturated rings. The third-order valence-electron chi connectivity index (χ3n) is 8.68. The van der Waals surface area contributed by atoms with E-state index in [9.17, 15) is 23.6 Å². The molecule has 2 saturated heterocycles. The van der Waals surface area contributed by atoms with Crippen molar-refractivity contribution in [2.45, 2.75) is 41.7 Å². The summed E-state index contributed by atoms with van der Waals surface area (Å²) in [6, 6.07) is 9.62. The maximum absolute atomic E-state index is 15.4. The van der Waals surface area contributed by atoms with Gasteiger partial charge in [-0.3, -0.25) is 24.2 Å². The predicted octanol–water partition coefficient (Wildman–Crippen LogP) is 3.41. The number of pyridine rings is 1. The number of carbonyl (C=O) groups is 3. The van der Waals surface area contributed by atoms with Gasteiger partial charge in [0.15, 0.2) is 17.3 Å². The molecule has 11 nitrogen and oxygen atoms in total. The number of benzene rings is 2. The molecule has 3 atom stereocenters. The van der Waals surface area contributed by atoms with Crippen LogP contribution in [-0.2, 0) is 20.0 Å². The fourth-order valence-corrected chi connectivity index (χ4v) is 7.70. The molecule has 2 amide bonds. The van der Waals surface area contributed by atoms with Gasteiger partial charge in [-0.2, -0.15) is 0 Å². The van der Waals surface area contributed by atoms with Gasteiger partial charge < -0.3 is 19.1 Å². The number of methoxy groups -OCH3 is 1. The summed E-state index contributed by atoms with van der Waals surface area (Å²) in [5.74, 6) is -3.43. The van der Waals surface area contributed by atoms with E-state index in [0.717, 1.165) is 16.5 Å². The van der Waals surface area contributed by atoms with E-state index in [1.54, 1.807) is 5.01 Å². The first-order chi connectivity index (χ1) is 21.8. The molecule has 2 aromatic carbocycles. The van der Waals surface area contributed by atoms with Crippen molar-refractivity contribution in [2.75, 3.05) is 38.4 Å². The van der Waals surface area contributed by atoms with Gasteiger partial charge in [0.05, 0.1) is 26.4 Å². The van der Waals surface area contributed by atoms with Crippen molar-refractivity contribution in [1.29, 1.82) is 0 Å². The van der Waals surface area contributed by atoms with E-state index in [1.807, 2.05) is 24.3 Å². The molecule has 0 aliphatic carbocycles. The van der Waals surface area contributed by atoms with Gasteiger partial charge in [0.2, 0.25) is 11.2 Å². The lowest BCUT2D eigenvalue weighted by Crippen LogP contribution is -2.66. The first kappa shape index (κ1) is 29.3. The minimum Gasteiger partial charge on any atom is -0.467 e. The van der Waals surface area contributed by atoms with Crippen LogP contribution in [0.3, 0.4) is 0 Å². The SMILES string of the molecule is COC(=O)[C@@H]1CCCN1C(=O)Oc1c2n(ccc1=O)N([C@@H]1c3ccccc3SCc3c1ccc(F)c3F)[C@@H]1COCCN1C2=O. The Morgan fingerprint density at radius 1 is 1.04 bits per heavy atom. The van der Waals surface area contributed by atoms with Crippen LogP contribution in [0.1, 0.15) is 46.1 Å². The molecule has 0 radical (unpaired) electrons. The molecule has 45 heavy (non-hydrogen) atoms. The standard InChI is InChI=1S/C31H28F2N4O7S/c1-42-30(40)21-6-4-11-34(21)31(41)44-28-22(38)10-12-36-27(28)29(39)35-13-14-43-15-24(35)37(36)26-17-8-9-20(32)25(33)19(17)16-45-23-7-3-2-5-18(23)26/h2-3,5,7-10,12,21,24,26H,4,6,11,13-16H2,1H3/t21-,24+,26-/m0/s1. The fraction of sp³-hybridized carbons (Fsp3) is 0.355. The van der Waals surface area contributed by atoms with E-state index in [-0.39, 0.29) is 43.3 Å². The Labute approximate surface area is 260 Å². The molecule has 0 bridgehead atoms. The Balaban J connectivity index is 1.41. The quantitative estimate of drug-likeness (QED) is 0.399. The van der Waals surface area contributed by atoms with Gasteiger partial charge in [0.25, 0.3) is 5.91 Å². The highest BCUT2D eigenvalue weighted by atomic mass is 32.2. The van der Waals surface area contributed by atoms with E-state index < -0.39 is 59.0 Å². The molecule has 4 aliphatic heterocycles. The molecule has 14 heteroatoms. The summed E-state index contributed by atoms with van der Waals surface area (Å²) in [6.07, 6.45) is 0.627. The molecule has 1 aromatic heterocycles. The number of nitrogens with zero attached hydrogens (tertiary/aromatic N) is 4. The van der Waals surface area contributed by atoms with Crippen LogP contribution in [0.15, 0.2) is 58.4 Å². The summed E-state index contributed by atoms with van der Waals surface area (Å²) in [4.78, 5) is 56.7. The zero-order chi connectivity index (χ0) is 31.4. The lowest BCUT2D eigenvalue weighted by molar-refractivity contribution is -0.145. The normalized spacial score (nSPS) is 22.2. The van der Waals surface area contributed by atoms with Gasteiger partial charge >= 0.3 is 12.1 Å². The van der Waals surface area contributed by atoms with Crippen LogP contribution in [0.2, 0.25) is 0 Å². The first-order valence-corrected chi connectivity index (χ1v) is 15.5. The van der Waals surface area contributed by atoms with Crippen molar-refractivity contribution in [3.05, 3.63) is 92.9 Å². The molecule has 0 spiro atoms. The number of morpholine rings is 1. The first-order valence-electron chi connectivity index (χ1n) is 14.5. The van der Waals surface area contributed by atoms with Crippen LogP contribution in [0.25, 0.3) is 0 Å². The van der Waals surface area contributed by atoms with Crippen molar-refractivity contribution < 1.29 is 37.4 Å². The van der Waals surface area contributed by atoms with Crippen molar-refractivity contribution in [2.24, 2.45) is 0 Å². The summed E-state index contributed by atoms with van der Waals surface area (Å²) in [5, 5.41) is 1.79. The molecule has 0 saturated carbocycles. The number of esters is 1. The van der Waals surface area contributed by atoms with Crippen molar-refractivity contribution in [3.63, 3.8) is 0 Å². The monoisotopic (exact) mass is 638 g/mol. The van der Waals surface area contributed by atoms with Crippen LogP contribution in [0, 0.1) is 11.6 Å². The highest BCUT2D eigenvalue weighted by Gasteiger charge is 2.47. The number of ether oxygens (including phenoxy) is 3. The molecule has 3 aromatic rings. The van der Waals surface area contributed by atoms with E-state index in [4.69, 9.17) is 14.2 Å². The minimum absolute atomic E-state index is 0.0891. The van der Waals surface area contributed by atoms with E-state index in [0.29, 0.717) is 18.4 Å². The summed E-state index contributed by atoms with van der Waals surface area (Å²) in [5.41, 5.74) is 0.509. The summed E-state index contributed by atoms with van der Waals surface area (Å²) < 4.78 is 47.7. The lowest BCUT2D eigenvalue weighted by Gasteiger charge is -2.51. The number of aromatic nitrogens is 1. The zero-order valence-electron chi connectivity index (χ0n) is 24.1. The average Bonchev–Trinajstić information content (AvgIpc) is 3.49. The van der Waals surface area contributed by atoms with Crippen molar-refractivity contribution in [3.8, 4) is 5.75 Å².